The Morgan fingerprint density at radius 2 is 1.25 bits per heavy atom. The van der Waals surface area contributed by atoms with Crippen LogP contribution >= 0.6 is 0 Å². The summed E-state index contributed by atoms with van der Waals surface area (Å²) in [6.45, 7) is 4.38. The van der Waals surface area contributed by atoms with E-state index in [4.69, 9.17) is 21.0 Å². The lowest BCUT2D eigenvalue weighted by Crippen LogP contribution is -2.39. The molecule has 2 aromatic heterocycles. The maximum atomic E-state index is 6.27. The van der Waals surface area contributed by atoms with Crippen molar-refractivity contribution >= 4 is 16.7 Å². The molecule has 8 rings (SSSR count). The average molecular weight is 666 g/mol. The van der Waals surface area contributed by atoms with Crippen molar-refractivity contribution in [1.82, 2.24) is 29.8 Å². The minimum absolute atomic E-state index is 0.670. The van der Waals surface area contributed by atoms with E-state index in [1.54, 1.807) is 0 Å². The number of rotatable bonds is 10. The molecule has 0 aliphatic heterocycles. The molecule has 0 radical (unpaired) electrons. The van der Waals surface area contributed by atoms with Gasteiger partial charge in [-0.3, -0.25) is 4.57 Å². The van der Waals surface area contributed by atoms with E-state index in [-0.39, 0.29) is 0 Å². The van der Waals surface area contributed by atoms with Crippen molar-refractivity contribution in [3.63, 3.8) is 0 Å². The minimum atomic E-state index is -0.853. The van der Waals surface area contributed by atoms with E-state index >= 15 is 0 Å². The van der Waals surface area contributed by atoms with Gasteiger partial charge >= 0.3 is 0 Å². The third kappa shape index (κ3) is 5.57. The topological polar surface area (TPSA) is 87.4 Å². The van der Waals surface area contributed by atoms with Crippen LogP contribution in [0.2, 0.25) is 0 Å². The number of fused-ring (bicyclic) bond motifs is 1. The Bertz CT molecular complexity index is 2330. The highest BCUT2D eigenvalue weighted by molar-refractivity contribution is 5.85. The Morgan fingerprint density at radius 3 is 1.86 bits per heavy atom. The number of tetrazole rings is 1. The highest BCUT2D eigenvalue weighted by atomic mass is 15.6. The molecule has 8 aromatic rings. The molecule has 51 heavy (non-hydrogen) atoms. The summed E-state index contributed by atoms with van der Waals surface area (Å²) >= 11 is 0. The molecule has 0 unspecified atom stereocenters. The fraction of sp³-hybridized carbons (Fsp3) is 0.136. The summed E-state index contributed by atoms with van der Waals surface area (Å²) in [4.78, 5) is 5.02. The van der Waals surface area contributed by atoms with Crippen LogP contribution in [-0.2, 0) is 12.0 Å². The lowest BCUT2D eigenvalue weighted by atomic mass is 9.77. The van der Waals surface area contributed by atoms with Gasteiger partial charge in [0.2, 0.25) is 0 Å². The number of nitrogens with two attached hydrogens (primary N) is 1. The first kappa shape index (κ1) is 31.9. The Hall–Kier alpha value is -6.34. The van der Waals surface area contributed by atoms with Crippen LogP contribution in [0, 0.1) is 6.92 Å². The van der Waals surface area contributed by atoms with E-state index in [2.05, 4.69) is 139 Å². The molecule has 250 valence electrons. The fourth-order valence-corrected chi connectivity index (χ4v) is 7.42. The molecular formula is C44H39N7. The number of hydrogen-bond donors (Lipinski definition) is 1. The van der Waals surface area contributed by atoms with Gasteiger partial charge in [0, 0.05) is 23.4 Å². The molecule has 0 saturated carbocycles. The van der Waals surface area contributed by atoms with Crippen LogP contribution in [0.3, 0.4) is 0 Å². The van der Waals surface area contributed by atoms with Crippen LogP contribution < -0.4 is 5.73 Å². The molecule has 0 aliphatic carbocycles. The quantitative estimate of drug-likeness (QED) is 0.116. The van der Waals surface area contributed by atoms with Crippen LogP contribution in [0.25, 0.3) is 39.2 Å². The predicted molar refractivity (Wildman–Crippen MR) is 206 cm³/mol. The van der Waals surface area contributed by atoms with E-state index in [9.17, 15) is 0 Å². The summed E-state index contributed by atoms with van der Waals surface area (Å²) in [6, 6.07) is 52.5. The third-order valence-corrected chi connectivity index (χ3v) is 9.79. The van der Waals surface area contributed by atoms with Gasteiger partial charge < -0.3 is 5.73 Å². The summed E-state index contributed by atoms with van der Waals surface area (Å²) in [7, 11) is 0. The normalized spacial score (nSPS) is 11.6. The van der Waals surface area contributed by atoms with Crippen molar-refractivity contribution in [3.8, 4) is 28.2 Å². The lowest BCUT2D eigenvalue weighted by molar-refractivity contribution is 0.451. The molecule has 2 heterocycles. The van der Waals surface area contributed by atoms with E-state index in [0.717, 1.165) is 86.4 Å². The zero-order chi connectivity index (χ0) is 34.8. The van der Waals surface area contributed by atoms with Gasteiger partial charge in [0.25, 0.3) is 0 Å². The van der Waals surface area contributed by atoms with Crippen LogP contribution in [-0.4, -0.2) is 29.8 Å². The molecule has 0 spiro atoms. The van der Waals surface area contributed by atoms with Gasteiger partial charge in [0.15, 0.2) is 5.82 Å². The van der Waals surface area contributed by atoms with Crippen LogP contribution in [0.5, 0.6) is 0 Å². The average Bonchev–Trinajstić information content (AvgIpc) is 3.81. The molecule has 0 bridgehead atoms. The highest BCUT2D eigenvalue weighted by Crippen LogP contribution is 2.44. The van der Waals surface area contributed by atoms with E-state index in [1.807, 2.05) is 41.1 Å². The first-order chi connectivity index (χ1) is 25.1. The molecule has 0 aliphatic rings. The molecule has 0 saturated heterocycles. The van der Waals surface area contributed by atoms with E-state index < -0.39 is 5.54 Å². The van der Waals surface area contributed by atoms with Crippen molar-refractivity contribution in [3.05, 3.63) is 180 Å². The van der Waals surface area contributed by atoms with Crippen molar-refractivity contribution in [2.75, 3.05) is 5.73 Å². The number of unbranched alkanes of at least 4 members (excludes halogenated alkanes) is 1. The standard InChI is InChI=1S/C44H39N7/c1-3-4-24-42-46-40-28-25-35(45)30-41(40)50(42)36-26-27-37(31(2)29-36)38-22-14-15-23-39(38)43-47-48-49-51(43)44(32-16-8-5-9-17-32,33-18-10-6-11-19-33)34-20-12-7-13-21-34/h5-23,25-30H,3-4,24,45H2,1-2H3. The predicted octanol–water partition coefficient (Wildman–Crippen LogP) is 9.42. The smallest absolute Gasteiger partial charge is 0.184 e. The Morgan fingerprint density at radius 1 is 0.647 bits per heavy atom. The zero-order valence-electron chi connectivity index (χ0n) is 28.8. The summed E-state index contributed by atoms with van der Waals surface area (Å²) in [6.07, 6.45) is 3.05. The molecule has 7 heteroatoms. The molecule has 6 aromatic carbocycles. The van der Waals surface area contributed by atoms with E-state index in [0.29, 0.717) is 5.82 Å². The number of aromatic nitrogens is 6. The Labute approximate surface area is 298 Å². The van der Waals surface area contributed by atoms with Gasteiger partial charge in [0.1, 0.15) is 11.4 Å². The molecule has 7 nitrogen and oxygen atoms in total. The molecule has 0 atom stereocenters. The third-order valence-electron chi connectivity index (χ3n) is 9.79. The van der Waals surface area contributed by atoms with Gasteiger partial charge in [-0.2, -0.15) is 0 Å². The van der Waals surface area contributed by atoms with Crippen LogP contribution in [0.4, 0.5) is 5.69 Å². The lowest BCUT2D eigenvalue weighted by Gasteiger charge is -2.36. The van der Waals surface area contributed by atoms with Crippen LogP contribution in [0.1, 0.15) is 47.8 Å². The highest BCUT2D eigenvalue weighted by Gasteiger charge is 2.42. The molecular weight excluding hydrogens is 627 g/mol. The molecule has 0 amide bonds. The summed E-state index contributed by atoms with van der Waals surface area (Å²) < 4.78 is 4.26. The van der Waals surface area contributed by atoms with Gasteiger partial charge in [-0.25, -0.2) is 9.67 Å². The SMILES string of the molecule is CCCCc1nc2ccc(N)cc2n1-c1ccc(-c2ccccc2-c2nnnn2C(c2ccccc2)(c2ccccc2)c2ccccc2)c(C)c1. The number of hydrogen-bond acceptors (Lipinski definition) is 5. The Balaban J connectivity index is 1.31. The van der Waals surface area contributed by atoms with Crippen molar-refractivity contribution in [2.45, 2.75) is 38.6 Å². The Kier molecular flexibility index (Phi) is 8.46. The second-order valence-corrected chi connectivity index (χ2v) is 13.0. The first-order valence-corrected chi connectivity index (χ1v) is 17.5. The number of benzene rings is 6. The van der Waals surface area contributed by atoms with Gasteiger partial charge in [-0.15, -0.1) is 5.10 Å². The minimum Gasteiger partial charge on any atom is -0.399 e. The van der Waals surface area contributed by atoms with Crippen molar-refractivity contribution in [2.24, 2.45) is 0 Å². The van der Waals surface area contributed by atoms with Gasteiger partial charge in [-0.1, -0.05) is 135 Å². The van der Waals surface area contributed by atoms with Gasteiger partial charge in [0.05, 0.1) is 11.0 Å². The number of nitrogens with zero attached hydrogens (tertiary/aromatic N) is 6. The second kappa shape index (κ2) is 13.5. The second-order valence-electron chi connectivity index (χ2n) is 13.0. The largest absolute Gasteiger partial charge is 0.399 e. The summed E-state index contributed by atoms with van der Waals surface area (Å²) in [5.41, 5.74) is 16.6. The number of aryl methyl sites for hydroxylation is 2. The maximum Gasteiger partial charge on any atom is 0.184 e. The van der Waals surface area contributed by atoms with Crippen molar-refractivity contribution in [1.29, 1.82) is 0 Å². The zero-order valence-corrected chi connectivity index (χ0v) is 28.8. The van der Waals surface area contributed by atoms with E-state index in [1.165, 1.54) is 0 Å². The van der Waals surface area contributed by atoms with Gasteiger partial charge in [-0.05, 0) is 87.5 Å². The fourth-order valence-electron chi connectivity index (χ4n) is 7.42. The number of imidazole rings is 1. The maximum absolute atomic E-state index is 6.27. The van der Waals surface area contributed by atoms with Crippen LogP contribution in [0.15, 0.2) is 152 Å². The summed E-state index contributed by atoms with van der Waals surface area (Å²) in [5, 5.41) is 13.9. The number of nitrogen functional groups attached to an aromatic ring is 1. The molecule has 2 N–H and O–H groups in total. The number of anilines is 1. The summed E-state index contributed by atoms with van der Waals surface area (Å²) in [5.74, 6) is 1.71. The molecule has 0 fully saturated rings. The van der Waals surface area contributed by atoms with Crippen molar-refractivity contribution < 1.29 is 0 Å². The first-order valence-electron chi connectivity index (χ1n) is 17.5. The monoisotopic (exact) mass is 665 g/mol.